The molecule has 0 amide bonds. The number of nitrogens with zero attached hydrogens (tertiary/aromatic N) is 2. The van der Waals surface area contributed by atoms with Crippen LogP contribution < -0.4 is 4.74 Å². The highest BCUT2D eigenvalue weighted by atomic mass is 16.5. The maximum absolute atomic E-state index is 12.3. The molecule has 0 fully saturated rings. The van der Waals surface area contributed by atoms with Gasteiger partial charge in [-0.1, -0.05) is 42.5 Å². The second-order valence-electron chi connectivity index (χ2n) is 9.97. The predicted molar refractivity (Wildman–Crippen MR) is 159 cm³/mol. The van der Waals surface area contributed by atoms with Crippen LogP contribution in [0.1, 0.15) is 31.8 Å². The van der Waals surface area contributed by atoms with Crippen LogP contribution in [-0.4, -0.2) is 40.4 Å². The van der Waals surface area contributed by atoms with Gasteiger partial charge in [0.2, 0.25) is 0 Å². The molecule has 0 saturated heterocycles. The molecule has 0 aliphatic heterocycles. The molecule has 4 aromatic carbocycles. The fourth-order valence-electron chi connectivity index (χ4n) is 5.32. The molecule has 0 saturated carbocycles. The zero-order valence-electron chi connectivity index (χ0n) is 22.7. The molecule has 41 heavy (non-hydrogen) atoms. The summed E-state index contributed by atoms with van der Waals surface area (Å²) in [6.07, 6.45) is 4.09. The number of benzene rings is 4. The van der Waals surface area contributed by atoms with Gasteiger partial charge in [-0.25, -0.2) is 9.59 Å². The smallest absolute Gasteiger partial charge is 0.341 e. The van der Waals surface area contributed by atoms with E-state index < -0.39 is 11.9 Å². The van der Waals surface area contributed by atoms with Crippen molar-refractivity contribution in [3.63, 3.8) is 0 Å². The first-order chi connectivity index (χ1) is 19.9. The summed E-state index contributed by atoms with van der Waals surface area (Å²) in [6.45, 7) is 1.16. The Balaban J connectivity index is 1.33. The van der Waals surface area contributed by atoms with Crippen molar-refractivity contribution in [2.24, 2.45) is 0 Å². The molecular formula is C34H28N2O5. The Bertz CT molecular complexity index is 1930. The molecule has 1 N–H and O–H groups in total. The number of rotatable bonds is 8. The first-order valence-corrected chi connectivity index (χ1v) is 13.2. The fraction of sp³-hybridized carbons (Fsp3) is 0.118. The summed E-state index contributed by atoms with van der Waals surface area (Å²) in [4.78, 5) is 23.7. The summed E-state index contributed by atoms with van der Waals surface area (Å²) >= 11 is 0. The van der Waals surface area contributed by atoms with Crippen molar-refractivity contribution < 1.29 is 24.2 Å². The van der Waals surface area contributed by atoms with E-state index >= 15 is 0 Å². The molecule has 7 heteroatoms. The molecule has 6 rings (SSSR count). The van der Waals surface area contributed by atoms with Gasteiger partial charge in [0.05, 0.1) is 19.8 Å². The summed E-state index contributed by atoms with van der Waals surface area (Å²) in [5.74, 6) is -0.879. The van der Waals surface area contributed by atoms with E-state index in [4.69, 9.17) is 9.47 Å². The van der Waals surface area contributed by atoms with Crippen LogP contribution in [0.4, 0.5) is 0 Å². The van der Waals surface area contributed by atoms with Crippen LogP contribution in [0.15, 0.2) is 103 Å². The zero-order chi connectivity index (χ0) is 28.5. The SMILES string of the molecule is COC(=O)c1cc(Cn2ccc3ccc(-c4ccc5ccn(Cc6cccc(C(=O)O)c6)c5c4)cc32)ccc1OC. The Kier molecular flexibility index (Phi) is 6.77. The Labute approximate surface area is 236 Å². The molecule has 0 unspecified atom stereocenters. The first-order valence-electron chi connectivity index (χ1n) is 13.2. The van der Waals surface area contributed by atoms with Crippen molar-refractivity contribution in [1.82, 2.24) is 9.13 Å². The second-order valence-corrected chi connectivity index (χ2v) is 9.97. The quantitative estimate of drug-likeness (QED) is 0.212. The standard InChI is InChI=1S/C34H28N2O5/c1-40-32-11-6-23(17-29(32)34(39)41-2)21-36-15-13-25-8-10-27(19-31(25)36)26-9-7-24-12-14-35(30(24)18-26)20-22-4-3-5-28(16-22)33(37)38/h3-19H,20-21H2,1-2H3,(H,37,38). The Morgan fingerprint density at radius 2 is 1.32 bits per heavy atom. The minimum absolute atomic E-state index is 0.284. The third-order valence-electron chi connectivity index (χ3n) is 7.43. The number of carbonyl (C=O) groups is 2. The number of fused-ring (bicyclic) bond motifs is 2. The van der Waals surface area contributed by atoms with E-state index in [1.807, 2.05) is 24.4 Å². The van der Waals surface area contributed by atoms with Gasteiger partial charge in [-0.05, 0) is 81.6 Å². The van der Waals surface area contributed by atoms with Crippen molar-refractivity contribution in [2.45, 2.75) is 13.1 Å². The Morgan fingerprint density at radius 1 is 0.707 bits per heavy atom. The maximum Gasteiger partial charge on any atom is 0.341 e. The molecule has 0 radical (unpaired) electrons. The summed E-state index contributed by atoms with van der Waals surface area (Å²) < 4.78 is 14.6. The van der Waals surface area contributed by atoms with E-state index in [2.05, 4.69) is 63.9 Å². The Morgan fingerprint density at radius 3 is 1.88 bits per heavy atom. The average molecular weight is 545 g/mol. The normalized spacial score (nSPS) is 11.2. The van der Waals surface area contributed by atoms with Crippen molar-refractivity contribution >= 4 is 33.7 Å². The van der Waals surface area contributed by atoms with Crippen LogP contribution in [-0.2, 0) is 17.8 Å². The van der Waals surface area contributed by atoms with Crippen molar-refractivity contribution in [3.05, 3.63) is 126 Å². The van der Waals surface area contributed by atoms with Crippen LogP contribution in [0.5, 0.6) is 5.75 Å². The van der Waals surface area contributed by atoms with E-state index in [-0.39, 0.29) is 5.56 Å². The third-order valence-corrected chi connectivity index (χ3v) is 7.43. The van der Waals surface area contributed by atoms with E-state index in [1.54, 1.807) is 24.3 Å². The number of ether oxygens (including phenoxy) is 2. The van der Waals surface area contributed by atoms with Gasteiger partial charge >= 0.3 is 11.9 Å². The molecule has 0 spiro atoms. The lowest BCUT2D eigenvalue weighted by molar-refractivity contribution is 0.0596. The van der Waals surface area contributed by atoms with Crippen LogP contribution in [0.2, 0.25) is 0 Å². The summed E-state index contributed by atoms with van der Waals surface area (Å²) in [5.41, 5.74) is 6.91. The first kappa shape index (κ1) is 26.0. The van der Waals surface area contributed by atoms with E-state index in [1.165, 1.54) is 14.2 Å². The molecule has 0 atom stereocenters. The number of hydrogen-bond acceptors (Lipinski definition) is 4. The highest BCUT2D eigenvalue weighted by Gasteiger charge is 2.14. The number of carboxylic acid groups (broad SMARTS) is 1. The largest absolute Gasteiger partial charge is 0.496 e. The van der Waals surface area contributed by atoms with Gasteiger partial charge in [0, 0.05) is 36.5 Å². The molecule has 2 aromatic heterocycles. The van der Waals surface area contributed by atoms with Gasteiger partial charge in [0.1, 0.15) is 11.3 Å². The van der Waals surface area contributed by atoms with Crippen LogP contribution >= 0.6 is 0 Å². The number of aromatic carboxylic acids is 1. The molecular weight excluding hydrogens is 516 g/mol. The fourth-order valence-corrected chi connectivity index (χ4v) is 5.32. The molecule has 0 aliphatic carbocycles. The summed E-state index contributed by atoms with van der Waals surface area (Å²) in [6, 6.07) is 29.6. The van der Waals surface area contributed by atoms with Gasteiger partial charge < -0.3 is 23.7 Å². The minimum atomic E-state index is -0.928. The number of aromatic nitrogens is 2. The zero-order valence-corrected chi connectivity index (χ0v) is 22.7. The third kappa shape index (κ3) is 5.05. The lowest BCUT2D eigenvalue weighted by atomic mass is 10.0. The summed E-state index contributed by atoms with van der Waals surface area (Å²) in [5, 5.41) is 11.6. The highest BCUT2D eigenvalue weighted by Crippen LogP contribution is 2.30. The van der Waals surface area contributed by atoms with Gasteiger partial charge in [-0.3, -0.25) is 0 Å². The van der Waals surface area contributed by atoms with Gasteiger partial charge in [-0.15, -0.1) is 0 Å². The lowest BCUT2D eigenvalue weighted by Gasteiger charge is -2.12. The molecule has 2 heterocycles. The number of methoxy groups -OCH3 is 2. The molecule has 0 bridgehead atoms. The van der Waals surface area contributed by atoms with Gasteiger partial charge in [-0.2, -0.15) is 0 Å². The van der Waals surface area contributed by atoms with E-state index in [0.717, 1.165) is 44.1 Å². The molecule has 0 aliphatic rings. The molecule has 6 aromatic rings. The van der Waals surface area contributed by atoms with Crippen molar-refractivity contribution in [1.29, 1.82) is 0 Å². The number of carbonyl (C=O) groups excluding carboxylic acids is 1. The van der Waals surface area contributed by atoms with E-state index in [9.17, 15) is 14.7 Å². The predicted octanol–water partition coefficient (Wildman–Crippen LogP) is 6.85. The van der Waals surface area contributed by atoms with Crippen molar-refractivity contribution in [3.8, 4) is 16.9 Å². The topological polar surface area (TPSA) is 82.7 Å². The lowest BCUT2D eigenvalue weighted by Crippen LogP contribution is -2.06. The van der Waals surface area contributed by atoms with Crippen molar-refractivity contribution in [2.75, 3.05) is 14.2 Å². The maximum atomic E-state index is 12.3. The number of hydrogen-bond donors (Lipinski definition) is 1. The number of esters is 1. The van der Waals surface area contributed by atoms with Crippen LogP contribution in [0.3, 0.4) is 0 Å². The van der Waals surface area contributed by atoms with Crippen LogP contribution in [0, 0.1) is 0 Å². The Hall–Kier alpha value is -5.30. The van der Waals surface area contributed by atoms with Gasteiger partial charge in [0.25, 0.3) is 0 Å². The van der Waals surface area contributed by atoms with Gasteiger partial charge in [0.15, 0.2) is 0 Å². The van der Waals surface area contributed by atoms with Crippen LogP contribution in [0.25, 0.3) is 32.9 Å². The molecule has 204 valence electrons. The number of carboxylic acids is 1. The highest BCUT2D eigenvalue weighted by molar-refractivity contribution is 5.93. The minimum Gasteiger partial charge on any atom is -0.496 e. The van der Waals surface area contributed by atoms with E-state index in [0.29, 0.717) is 24.4 Å². The monoisotopic (exact) mass is 544 g/mol. The summed E-state index contributed by atoms with van der Waals surface area (Å²) in [7, 11) is 2.90. The average Bonchev–Trinajstić information content (AvgIpc) is 3.59. The molecule has 7 nitrogen and oxygen atoms in total. The second kappa shape index (κ2) is 10.7.